The van der Waals surface area contributed by atoms with Crippen molar-refractivity contribution in [1.29, 1.82) is 0 Å². The zero-order valence-electron chi connectivity index (χ0n) is 15.5. The van der Waals surface area contributed by atoms with Crippen LogP contribution in [0.3, 0.4) is 0 Å². The Morgan fingerprint density at radius 3 is 2.37 bits per heavy atom. The predicted octanol–water partition coefficient (Wildman–Crippen LogP) is 4.07. The third kappa shape index (κ3) is 4.80. The topological polar surface area (TPSA) is 61.4 Å². The van der Waals surface area contributed by atoms with Gasteiger partial charge in [0.05, 0.1) is 0 Å². The van der Waals surface area contributed by atoms with Crippen LogP contribution in [0.25, 0.3) is 0 Å². The van der Waals surface area contributed by atoms with E-state index in [1.165, 1.54) is 11.1 Å². The molecule has 0 fully saturated rings. The molecule has 5 nitrogen and oxygen atoms in total. The van der Waals surface area contributed by atoms with Crippen molar-refractivity contribution in [3.63, 3.8) is 0 Å². The quantitative estimate of drug-likeness (QED) is 0.833. The molecule has 0 bridgehead atoms. The summed E-state index contributed by atoms with van der Waals surface area (Å²) >= 11 is 5.86. The Balaban J connectivity index is 1.65. The summed E-state index contributed by atoms with van der Waals surface area (Å²) in [6.45, 7) is 5.12. The van der Waals surface area contributed by atoms with E-state index in [9.17, 15) is 9.59 Å². The average Bonchev–Trinajstić information content (AvgIpc) is 2.67. The Labute approximate surface area is 164 Å². The van der Waals surface area contributed by atoms with Crippen LogP contribution in [0.1, 0.15) is 25.0 Å². The lowest BCUT2D eigenvalue weighted by atomic mass is 9.97. The van der Waals surface area contributed by atoms with Crippen LogP contribution in [-0.2, 0) is 17.8 Å². The molecule has 142 valence electrons. The maximum atomic E-state index is 13.0. The van der Waals surface area contributed by atoms with E-state index < -0.39 is 12.1 Å². The fraction of sp³-hybridized carbons (Fsp3) is 0.333. The van der Waals surface area contributed by atoms with E-state index in [1.54, 1.807) is 24.3 Å². The number of nitrogens with zero attached hydrogens (tertiary/aromatic N) is 1. The van der Waals surface area contributed by atoms with Gasteiger partial charge in [-0.25, -0.2) is 4.79 Å². The van der Waals surface area contributed by atoms with Gasteiger partial charge < -0.3 is 15.5 Å². The summed E-state index contributed by atoms with van der Waals surface area (Å²) in [6.07, 6.45) is 0.837. The highest BCUT2D eigenvalue weighted by Crippen LogP contribution is 2.20. The van der Waals surface area contributed by atoms with Gasteiger partial charge in [-0.1, -0.05) is 49.7 Å². The molecular weight excluding hydrogens is 362 g/mol. The highest BCUT2D eigenvalue weighted by atomic mass is 35.5. The number of benzene rings is 2. The van der Waals surface area contributed by atoms with E-state index in [-0.39, 0.29) is 11.8 Å². The molecule has 0 unspecified atom stereocenters. The molecule has 6 heteroatoms. The van der Waals surface area contributed by atoms with Crippen LogP contribution < -0.4 is 10.6 Å². The van der Waals surface area contributed by atoms with Gasteiger partial charge in [-0.3, -0.25) is 4.79 Å². The van der Waals surface area contributed by atoms with Crippen LogP contribution in [0.15, 0.2) is 48.5 Å². The normalized spacial score (nSPS) is 14.4. The lowest BCUT2D eigenvalue weighted by Crippen LogP contribution is -2.53. The molecule has 0 saturated heterocycles. The van der Waals surface area contributed by atoms with Gasteiger partial charge in [0.15, 0.2) is 0 Å². The Kier molecular flexibility index (Phi) is 6.01. The van der Waals surface area contributed by atoms with Crippen LogP contribution >= 0.6 is 11.6 Å². The Morgan fingerprint density at radius 2 is 1.70 bits per heavy atom. The molecule has 0 saturated carbocycles. The summed E-state index contributed by atoms with van der Waals surface area (Å²) < 4.78 is 0. The Bertz CT molecular complexity index is 820. The monoisotopic (exact) mass is 385 g/mol. The minimum absolute atomic E-state index is 0.0226. The highest BCUT2D eigenvalue weighted by Gasteiger charge is 2.30. The van der Waals surface area contributed by atoms with E-state index >= 15 is 0 Å². The number of nitrogens with one attached hydrogen (secondary N) is 2. The van der Waals surface area contributed by atoms with E-state index in [0.717, 1.165) is 6.42 Å². The van der Waals surface area contributed by atoms with Crippen LogP contribution in [0.2, 0.25) is 5.02 Å². The SMILES string of the molecule is CC(C)[C@H](NC(=O)Nc1ccc(Cl)cc1)C(=O)N1CCc2ccccc2C1. The largest absolute Gasteiger partial charge is 0.336 e. The third-order valence-electron chi connectivity index (χ3n) is 4.76. The predicted molar refractivity (Wildman–Crippen MR) is 108 cm³/mol. The zero-order valence-corrected chi connectivity index (χ0v) is 16.3. The van der Waals surface area contributed by atoms with Crippen LogP contribution in [0.5, 0.6) is 0 Å². The van der Waals surface area contributed by atoms with Crippen LogP contribution in [0, 0.1) is 5.92 Å². The van der Waals surface area contributed by atoms with E-state index in [2.05, 4.69) is 22.8 Å². The first-order valence-electron chi connectivity index (χ1n) is 9.12. The van der Waals surface area contributed by atoms with Crippen LogP contribution in [-0.4, -0.2) is 29.4 Å². The summed E-state index contributed by atoms with van der Waals surface area (Å²) in [7, 11) is 0. The van der Waals surface area contributed by atoms with Crippen molar-refractivity contribution in [2.24, 2.45) is 5.92 Å². The van der Waals surface area contributed by atoms with Crippen molar-refractivity contribution in [3.05, 3.63) is 64.7 Å². The Hall–Kier alpha value is -2.53. The number of hydrogen-bond acceptors (Lipinski definition) is 2. The first-order valence-corrected chi connectivity index (χ1v) is 9.50. The lowest BCUT2D eigenvalue weighted by Gasteiger charge is -2.33. The van der Waals surface area contributed by atoms with Gasteiger partial charge in [0.1, 0.15) is 6.04 Å². The molecule has 1 aliphatic heterocycles. The molecule has 1 heterocycles. The van der Waals surface area contributed by atoms with Crippen molar-refractivity contribution in [1.82, 2.24) is 10.2 Å². The number of anilines is 1. The Morgan fingerprint density at radius 1 is 1.04 bits per heavy atom. The third-order valence-corrected chi connectivity index (χ3v) is 5.02. The number of carbonyl (C=O) groups excluding carboxylic acids is 2. The van der Waals surface area contributed by atoms with Crippen molar-refractivity contribution in [2.45, 2.75) is 32.9 Å². The average molecular weight is 386 g/mol. The number of hydrogen-bond donors (Lipinski definition) is 2. The van der Waals surface area contributed by atoms with E-state index in [0.29, 0.717) is 23.8 Å². The molecule has 27 heavy (non-hydrogen) atoms. The molecule has 2 aromatic carbocycles. The summed E-state index contributed by atoms with van der Waals surface area (Å²) in [6, 6.07) is 14.0. The summed E-state index contributed by atoms with van der Waals surface area (Å²) in [4.78, 5) is 27.2. The smallest absolute Gasteiger partial charge is 0.319 e. The summed E-state index contributed by atoms with van der Waals surface area (Å²) in [5.74, 6) is -0.0728. The molecule has 1 atom stereocenters. The molecule has 2 N–H and O–H groups in total. The number of fused-ring (bicyclic) bond motifs is 1. The first kappa shape index (κ1) is 19.2. The van der Waals surface area contributed by atoms with Gasteiger partial charge in [-0.15, -0.1) is 0 Å². The molecule has 2 aromatic rings. The number of halogens is 1. The second-order valence-corrected chi connectivity index (χ2v) is 7.54. The number of urea groups is 1. The molecule has 3 rings (SSSR count). The second-order valence-electron chi connectivity index (χ2n) is 7.11. The molecule has 0 aromatic heterocycles. The van der Waals surface area contributed by atoms with Gasteiger partial charge in [0, 0.05) is 23.8 Å². The van der Waals surface area contributed by atoms with Gasteiger partial charge in [0.25, 0.3) is 0 Å². The first-order chi connectivity index (χ1) is 12.9. The lowest BCUT2D eigenvalue weighted by molar-refractivity contribution is -0.135. The molecule has 0 radical (unpaired) electrons. The fourth-order valence-electron chi connectivity index (χ4n) is 3.24. The molecular formula is C21H24ClN3O2. The summed E-state index contributed by atoms with van der Waals surface area (Å²) in [5.41, 5.74) is 3.08. The van der Waals surface area contributed by atoms with Crippen molar-refractivity contribution in [3.8, 4) is 0 Å². The van der Waals surface area contributed by atoms with Crippen LogP contribution in [0.4, 0.5) is 10.5 Å². The second kappa shape index (κ2) is 8.44. The standard InChI is InChI=1S/C21H24ClN3O2/c1-14(2)19(24-21(27)23-18-9-7-17(22)8-10-18)20(26)25-12-11-15-5-3-4-6-16(15)13-25/h3-10,14,19H,11-13H2,1-2H3,(H2,23,24,27)/t19-/m0/s1. The molecule has 0 spiro atoms. The maximum Gasteiger partial charge on any atom is 0.319 e. The van der Waals surface area contributed by atoms with Gasteiger partial charge in [-0.05, 0) is 47.7 Å². The highest BCUT2D eigenvalue weighted by molar-refractivity contribution is 6.30. The number of amides is 3. The van der Waals surface area contributed by atoms with E-state index in [4.69, 9.17) is 11.6 Å². The van der Waals surface area contributed by atoms with Crippen molar-refractivity contribution < 1.29 is 9.59 Å². The minimum Gasteiger partial charge on any atom is -0.336 e. The zero-order chi connectivity index (χ0) is 19.4. The van der Waals surface area contributed by atoms with Gasteiger partial charge >= 0.3 is 6.03 Å². The fourth-order valence-corrected chi connectivity index (χ4v) is 3.36. The summed E-state index contributed by atoms with van der Waals surface area (Å²) in [5, 5.41) is 6.17. The van der Waals surface area contributed by atoms with E-state index in [1.807, 2.05) is 30.9 Å². The minimum atomic E-state index is -0.581. The number of rotatable bonds is 4. The molecule has 1 aliphatic rings. The van der Waals surface area contributed by atoms with Crippen molar-refractivity contribution >= 4 is 29.2 Å². The van der Waals surface area contributed by atoms with Crippen molar-refractivity contribution in [2.75, 3.05) is 11.9 Å². The van der Waals surface area contributed by atoms with Gasteiger partial charge in [0.2, 0.25) is 5.91 Å². The van der Waals surface area contributed by atoms with Gasteiger partial charge in [-0.2, -0.15) is 0 Å². The maximum absolute atomic E-state index is 13.0. The molecule has 3 amide bonds. The number of carbonyl (C=O) groups is 2. The molecule has 0 aliphatic carbocycles.